The first kappa shape index (κ1) is 7.19. The highest BCUT2D eigenvalue weighted by atomic mass is 14.8. The van der Waals surface area contributed by atoms with Crippen molar-refractivity contribution in [3.05, 3.63) is 29.7 Å². The summed E-state index contributed by atoms with van der Waals surface area (Å²) in [5, 5.41) is 0. The molecular weight excluding hydrogens is 124 g/mol. The first-order valence-electron chi connectivity index (χ1n) is 3.18. The molecule has 0 unspecified atom stereocenters. The summed E-state index contributed by atoms with van der Waals surface area (Å²) in [4.78, 5) is 8.27. The van der Waals surface area contributed by atoms with E-state index in [9.17, 15) is 0 Å². The number of nitrogens with zero attached hydrogens (tertiary/aromatic N) is 2. The fourth-order valence-corrected chi connectivity index (χ4v) is 0.732. The molecule has 0 amide bonds. The van der Waals surface area contributed by atoms with Gasteiger partial charge in [-0.3, -0.25) is 9.97 Å². The van der Waals surface area contributed by atoms with E-state index in [1.54, 1.807) is 0 Å². The van der Waals surface area contributed by atoms with Gasteiger partial charge in [0.2, 0.25) is 0 Å². The van der Waals surface area contributed by atoms with E-state index in [1.807, 2.05) is 20.8 Å². The second-order valence-corrected chi connectivity index (χ2v) is 2.37. The van der Waals surface area contributed by atoms with Crippen molar-refractivity contribution in [2.24, 2.45) is 0 Å². The van der Waals surface area contributed by atoms with Gasteiger partial charge in [0, 0.05) is 6.92 Å². The van der Waals surface area contributed by atoms with Crippen LogP contribution in [0.25, 0.3) is 0 Å². The Bertz CT molecular complexity index is 203. The van der Waals surface area contributed by atoms with Crippen LogP contribution in [0.2, 0.25) is 0 Å². The van der Waals surface area contributed by atoms with Crippen molar-refractivity contribution in [2.45, 2.75) is 20.8 Å². The summed E-state index contributed by atoms with van der Waals surface area (Å²) >= 11 is 0. The molecule has 0 spiro atoms. The highest BCUT2D eigenvalue weighted by Crippen LogP contribution is 2.04. The molecule has 0 fully saturated rings. The molecule has 1 heterocycles. The molecule has 10 heavy (non-hydrogen) atoms. The Morgan fingerprint density at radius 3 is 1.90 bits per heavy atom. The molecule has 0 aromatic carbocycles. The zero-order valence-corrected chi connectivity index (χ0v) is 6.47. The van der Waals surface area contributed by atoms with Crippen molar-refractivity contribution in [1.29, 1.82) is 0 Å². The van der Waals surface area contributed by atoms with Crippen LogP contribution in [0.5, 0.6) is 0 Å². The summed E-state index contributed by atoms with van der Waals surface area (Å²) in [7, 11) is 0. The van der Waals surface area contributed by atoms with Crippen LogP contribution < -0.4 is 0 Å². The van der Waals surface area contributed by atoms with E-state index in [0.29, 0.717) is 5.69 Å². The van der Waals surface area contributed by atoms with E-state index < -0.39 is 0 Å². The molecule has 0 saturated heterocycles. The Labute approximate surface area is 61.3 Å². The maximum absolute atomic E-state index is 5.52. The third-order valence-corrected chi connectivity index (χ3v) is 1.52. The predicted molar refractivity (Wildman–Crippen MR) is 39.6 cm³/mol. The molecule has 0 atom stereocenters. The fraction of sp³-hybridized carbons (Fsp3) is 0.375. The van der Waals surface area contributed by atoms with Crippen molar-refractivity contribution < 1.29 is 0 Å². The van der Waals surface area contributed by atoms with E-state index in [-0.39, 0.29) is 0 Å². The first-order valence-corrected chi connectivity index (χ1v) is 3.18. The van der Waals surface area contributed by atoms with E-state index >= 15 is 0 Å². The minimum Gasteiger partial charge on any atom is -0.255 e. The molecular formula is C8H10N2. The van der Waals surface area contributed by atoms with Crippen molar-refractivity contribution in [3.63, 3.8) is 0 Å². The molecule has 2 radical (unpaired) electrons. The van der Waals surface area contributed by atoms with Gasteiger partial charge >= 0.3 is 0 Å². The van der Waals surface area contributed by atoms with Crippen LogP contribution in [0.1, 0.15) is 22.8 Å². The maximum Gasteiger partial charge on any atom is 0.0664 e. The Morgan fingerprint density at radius 1 is 0.900 bits per heavy atom. The lowest BCUT2D eigenvalue weighted by Gasteiger charge is -2.01. The third kappa shape index (κ3) is 1.15. The van der Waals surface area contributed by atoms with Crippen molar-refractivity contribution >= 4 is 0 Å². The average Bonchev–Trinajstić information content (AvgIpc) is 1.84. The molecule has 52 valence electrons. The molecule has 1 aromatic heterocycles. The Balaban J connectivity index is 3.28. The van der Waals surface area contributed by atoms with Gasteiger partial charge in [0.15, 0.2) is 0 Å². The molecule has 0 saturated carbocycles. The largest absolute Gasteiger partial charge is 0.255 e. The van der Waals surface area contributed by atoms with Crippen LogP contribution >= 0.6 is 0 Å². The molecule has 1 rings (SSSR count). The molecule has 1 aromatic rings. The predicted octanol–water partition coefficient (Wildman–Crippen LogP) is 1.46. The van der Waals surface area contributed by atoms with Crippen molar-refractivity contribution in [3.8, 4) is 0 Å². The van der Waals surface area contributed by atoms with Gasteiger partial charge < -0.3 is 0 Å². The minimum atomic E-state index is 0.531. The van der Waals surface area contributed by atoms with Gasteiger partial charge in [-0.2, -0.15) is 0 Å². The van der Waals surface area contributed by atoms with E-state index in [1.165, 1.54) is 0 Å². The molecule has 2 heteroatoms. The third-order valence-electron chi connectivity index (χ3n) is 1.52. The number of hydrogen-bond donors (Lipinski definition) is 0. The minimum absolute atomic E-state index is 0.531. The van der Waals surface area contributed by atoms with Crippen molar-refractivity contribution in [1.82, 2.24) is 9.97 Å². The van der Waals surface area contributed by atoms with Crippen LogP contribution in [-0.2, 0) is 0 Å². The van der Waals surface area contributed by atoms with Crippen LogP contribution in [-0.4, -0.2) is 9.97 Å². The molecule has 0 bridgehead atoms. The Kier molecular flexibility index (Phi) is 1.70. The van der Waals surface area contributed by atoms with Crippen molar-refractivity contribution in [2.75, 3.05) is 0 Å². The first-order chi connectivity index (χ1) is 4.61. The monoisotopic (exact) mass is 134 g/mol. The fourth-order valence-electron chi connectivity index (χ4n) is 0.732. The van der Waals surface area contributed by atoms with Gasteiger partial charge in [-0.25, -0.2) is 0 Å². The smallest absolute Gasteiger partial charge is 0.0664 e. The highest BCUT2D eigenvalue weighted by molar-refractivity contribution is 5.19. The normalized spacial score (nSPS) is 10.0. The lowest BCUT2D eigenvalue weighted by molar-refractivity contribution is 0.981. The molecule has 0 aliphatic heterocycles. The zero-order valence-electron chi connectivity index (χ0n) is 6.47. The summed E-state index contributed by atoms with van der Waals surface area (Å²) in [5.74, 6) is 0. The van der Waals surface area contributed by atoms with E-state index in [2.05, 4.69) is 9.97 Å². The number of rotatable bonds is 0. The standard InChI is InChI=1S/C8H10N2/c1-5-6(2)10-8(4)7(3)9-5/h1H,2-4H3. The summed E-state index contributed by atoms with van der Waals surface area (Å²) in [6, 6.07) is 0. The molecule has 2 nitrogen and oxygen atoms in total. The van der Waals surface area contributed by atoms with Gasteiger partial charge in [0.1, 0.15) is 0 Å². The number of hydrogen-bond acceptors (Lipinski definition) is 2. The lowest BCUT2D eigenvalue weighted by Crippen LogP contribution is -1.97. The van der Waals surface area contributed by atoms with Crippen LogP contribution in [0.15, 0.2) is 0 Å². The second kappa shape index (κ2) is 2.37. The molecule has 0 aliphatic carbocycles. The zero-order chi connectivity index (χ0) is 7.72. The van der Waals surface area contributed by atoms with Crippen LogP contribution in [0.4, 0.5) is 0 Å². The summed E-state index contributed by atoms with van der Waals surface area (Å²) in [6.07, 6.45) is 0. The second-order valence-electron chi connectivity index (χ2n) is 2.37. The SMILES string of the molecule is [CH]c1nc(C)c(C)nc1C. The van der Waals surface area contributed by atoms with E-state index in [0.717, 1.165) is 17.1 Å². The molecule has 0 N–H and O–H groups in total. The van der Waals surface area contributed by atoms with Crippen LogP contribution in [0.3, 0.4) is 0 Å². The average molecular weight is 134 g/mol. The maximum atomic E-state index is 5.52. The number of aryl methyl sites for hydroxylation is 3. The summed E-state index contributed by atoms with van der Waals surface area (Å²) in [6.45, 7) is 11.2. The lowest BCUT2D eigenvalue weighted by atomic mass is 10.3. The van der Waals surface area contributed by atoms with Gasteiger partial charge in [-0.05, 0) is 20.8 Å². The van der Waals surface area contributed by atoms with Gasteiger partial charge in [-0.1, -0.05) is 0 Å². The topological polar surface area (TPSA) is 25.8 Å². The van der Waals surface area contributed by atoms with Gasteiger partial charge in [-0.15, -0.1) is 0 Å². The number of aromatic nitrogens is 2. The van der Waals surface area contributed by atoms with Gasteiger partial charge in [0.25, 0.3) is 0 Å². The van der Waals surface area contributed by atoms with Crippen LogP contribution in [0, 0.1) is 27.7 Å². The quantitative estimate of drug-likeness (QED) is 0.537. The molecule has 0 aliphatic rings. The summed E-state index contributed by atoms with van der Waals surface area (Å²) < 4.78 is 0. The Morgan fingerprint density at radius 2 is 1.40 bits per heavy atom. The summed E-state index contributed by atoms with van der Waals surface area (Å²) in [5.41, 5.74) is 3.20. The highest BCUT2D eigenvalue weighted by Gasteiger charge is 1.98. The van der Waals surface area contributed by atoms with Gasteiger partial charge in [0.05, 0.1) is 22.8 Å². The van der Waals surface area contributed by atoms with E-state index in [4.69, 9.17) is 6.92 Å². The Hall–Kier alpha value is -0.920.